The van der Waals surface area contributed by atoms with Gasteiger partial charge in [-0.2, -0.15) is 0 Å². The minimum Gasteiger partial charge on any atom is -0.357 e. The van der Waals surface area contributed by atoms with Crippen molar-refractivity contribution >= 4 is 46.2 Å². The predicted molar refractivity (Wildman–Crippen MR) is 91.7 cm³/mol. The zero-order valence-electron chi connectivity index (χ0n) is 11.3. The minimum atomic E-state index is -0.112. The van der Waals surface area contributed by atoms with Crippen molar-refractivity contribution in [1.82, 2.24) is 10.6 Å². The zero-order chi connectivity index (χ0) is 15.1. The van der Waals surface area contributed by atoms with Crippen LogP contribution in [0.2, 0.25) is 5.02 Å². The van der Waals surface area contributed by atoms with Crippen molar-refractivity contribution in [1.29, 1.82) is 0 Å². The van der Waals surface area contributed by atoms with Crippen LogP contribution in [0.15, 0.2) is 41.8 Å². The van der Waals surface area contributed by atoms with Crippen LogP contribution >= 0.6 is 35.2 Å². The van der Waals surface area contributed by atoms with Gasteiger partial charge in [0.2, 0.25) is 5.91 Å². The van der Waals surface area contributed by atoms with Gasteiger partial charge in [-0.05, 0) is 41.7 Å². The molecule has 1 heterocycles. The van der Waals surface area contributed by atoms with Crippen LogP contribution in [-0.2, 0) is 17.8 Å². The molecule has 2 rings (SSSR count). The van der Waals surface area contributed by atoms with Gasteiger partial charge in [-0.25, -0.2) is 0 Å². The fourth-order valence-electron chi connectivity index (χ4n) is 1.76. The van der Waals surface area contributed by atoms with Gasteiger partial charge in [0.15, 0.2) is 5.11 Å². The van der Waals surface area contributed by atoms with Gasteiger partial charge < -0.3 is 10.6 Å². The summed E-state index contributed by atoms with van der Waals surface area (Å²) in [6.07, 6.45) is 0.948. The van der Waals surface area contributed by atoms with Gasteiger partial charge >= 0.3 is 0 Å². The van der Waals surface area contributed by atoms with Crippen molar-refractivity contribution in [2.24, 2.45) is 0 Å². The maximum absolute atomic E-state index is 11.8. The summed E-state index contributed by atoms with van der Waals surface area (Å²) in [5.41, 5.74) is 0.965. The Labute approximate surface area is 138 Å². The molecule has 1 aromatic heterocycles. The fourth-order valence-corrected chi connectivity index (χ4v) is 2.82. The molecule has 0 bridgehead atoms. The van der Waals surface area contributed by atoms with E-state index in [0.717, 1.165) is 5.56 Å². The Morgan fingerprint density at radius 2 is 2.05 bits per heavy atom. The number of benzene rings is 1. The molecule has 2 aromatic rings. The Balaban J connectivity index is 1.71. The van der Waals surface area contributed by atoms with Gasteiger partial charge in [0.1, 0.15) is 0 Å². The van der Waals surface area contributed by atoms with Gasteiger partial charge in [0, 0.05) is 16.3 Å². The van der Waals surface area contributed by atoms with Crippen molar-refractivity contribution in [2.75, 3.05) is 0 Å². The Morgan fingerprint density at radius 3 is 2.76 bits per heavy atom. The first-order valence-electron chi connectivity index (χ1n) is 6.48. The third-order valence-electron chi connectivity index (χ3n) is 2.84. The summed E-state index contributed by atoms with van der Waals surface area (Å²) >= 11 is 12.8. The van der Waals surface area contributed by atoms with E-state index < -0.39 is 0 Å². The average Bonchev–Trinajstić information content (AvgIpc) is 2.97. The number of thiocarbonyl (C=S) groups is 1. The van der Waals surface area contributed by atoms with E-state index in [2.05, 4.69) is 10.6 Å². The minimum absolute atomic E-state index is 0.112. The molecular weight excluding hydrogens is 324 g/mol. The molecule has 0 aliphatic carbocycles. The number of amides is 1. The second-order valence-electron chi connectivity index (χ2n) is 4.40. The highest BCUT2D eigenvalue weighted by atomic mass is 35.5. The lowest BCUT2D eigenvalue weighted by Gasteiger charge is -2.09. The Morgan fingerprint density at radius 1 is 1.24 bits per heavy atom. The highest BCUT2D eigenvalue weighted by Gasteiger charge is 2.07. The van der Waals surface area contributed by atoms with E-state index in [0.29, 0.717) is 29.5 Å². The second-order valence-corrected chi connectivity index (χ2v) is 6.25. The Bertz CT molecular complexity index is 614. The first-order chi connectivity index (χ1) is 10.1. The monoisotopic (exact) mass is 338 g/mol. The summed E-state index contributed by atoms with van der Waals surface area (Å²) in [5, 5.41) is 8.72. The Hall–Kier alpha value is -1.43. The summed E-state index contributed by atoms with van der Waals surface area (Å²) in [5.74, 6) is -0.112. The first kappa shape index (κ1) is 15.9. The molecular formula is C15H15ClN2OS2. The number of carbonyl (C=O) groups excluding carboxylic acids is 1. The highest BCUT2D eigenvalue weighted by Crippen LogP contribution is 2.16. The molecule has 1 amide bonds. The average molecular weight is 339 g/mol. The number of hydrogen-bond donors (Lipinski definition) is 2. The fraction of sp³-hybridized carbons (Fsp3) is 0.200. The highest BCUT2D eigenvalue weighted by molar-refractivity contribution is 7.80. The van der Waals surface area contributed by atoms with Crippen molar-refractivity contribution in [3.63, 3.8) is 0 Å². The van der Waals surface area contributed by atoms with Crippen LogP contribution in [0.4, 0.5) is 0 Å². The number of nitrogens with one attached hydrogen (secondary N) is 2. The van der Waals surface area contributed by atoms with Crippen LogP contribution in [0.25, 0.3) is 0 Å². The van der Waals surface area contributed by atoms with Gasteiger partial charge in [-0.15, -0.1) is 11.3 Å². The maximum atomic E-state index is 11.8. The van der Waals surface area contributed by atoms with E-state index in [4.69, 9.17) is 23.8 Å². The molecule has 0 aliphatic rings. The van der Waals surface area contributed by atoms with Gasteiger partial charge in [-0.3, -0.25) is 4.79 Å². The quantitative estimate of drug-likeness (QED) is 0.819. The second kappa shape index (κ2) is 8.12. The summed E-state index contributed by atoms with van der Waals surface area (Å²) in [4.78, 5) is 13.0. The van der Waals surface area contributed by atoms with E-state index in [1.54, 1.807) is 11.3 Å². The zero-order valence-corrected chi connectivity index (χ0v) is 13.7. The third-order valence-corrected chi connectivity index (χ3v) is 4.33. The lowest BCUT2D eigenvalue weighted by Crippen LogP contribution is -2.38. The van der Waals surface area contributed by atoms with Crippen molar-refractivity contribution in [3.05, 3.63) is 57.2 Å². The molecule has 0 saturated carbocycles. The van der Waals surface area contributed by atoms with Gasteiger partial charge in [0.25, 0.3) is 0 Å². The molecule has 0 saturated heterocycles. The number of aryl methyl sites for hydroxylation is 1. The molecule has 110 valence electrons. The van der Waals surface area contributed by atoms with Gasteiger partial charge in [-0.1, -0.05) is 35.9 Å². The van der Waals surface area contributed by atoms with Crippen molar-refractivity contribution in [2.45, 2.75) is 19.4 Å². The van der Waals surface area contributed by atoms with Crippen LogP contribution in [0.3, 0.4) is 0 Å². The SMILES string of the molecule is O=C(CCc1ccccc1Cl)NC(=S)NCc1cccs1. The van der Waals surface area contributed by atoms with Crippen molar-refractivity contribution < 1.29 is 4.79 Å². The van der Waals surface area contributed by atoms with Crippen LogP contribution in [0, 0.1) is 0 Å². The molecule has 1 aromatic carbocycles. The first-order valence-corrected chi connectivity index (χ1v) is 8.15. The smallest absolute Gasteiger partial charge is 0.226 e. The summed E-state index contributed by atoms with van der Waals surface area (Å²) in [6.45, 7) is 0.626. The molecule has 2 N–H and O–H groups in total. The maximum Gasteiger partial charge on any atom is 0.226 e. The number of hydrogen-bond acceptors (Lipinski definition) is 3. The van der Waals surface area contributed by atoms with E-state index in [-0.39, 0.29) is 5.91 Å². The topological polar surface area (TPSA) is 41.1 Å². The predicted octanol–water partition coefficient (Wildman–Crippen LogP) is 3.53. The molecule has 21 heavy (non-hydrogen) atoms. The molecule has 0 fully saturated rings. The summed E-state index contributed by atoms with van der Waals surface area (Å²) in [6, 6.07) is 11.5. The summed E-state index contributed by atoms with van der Waals surface area (Å²) < 4.78 is 0. The lowest BCUT2D eigenvalue weighted by atomic mass is 10.1. The molecule has 0 spiro atoms. The standard InChI is InChI=1S/C15H15ClN2OS2/c16-13-6-2-1-4-11(13)7-8-14(19)18-15(20)17-10-12-5-3-9-21-12/h1-6,9H,7-8,10H2,(H2,17,18,19,20). The van der Waals surface area contributed by atoms with E-state index in [1.165, 1.54) is 4.88 Å². The van der Waals surface area contributed by atoms with E-state index in [9.17, 15) is 4.79 Å². The van der Waals surface area contributed by atoms with Crippen LogP contribution in [0.5, 0.6) is 0 Å². The Kier molecular flexibility index (Phi) is 6.17. The van der Waals surface area contributed by atoms with E-state index >= 15 is 0 Å². The normalized spacial score (nSPS) is 10.1. The molecule has 0 radical (unpaired) electrons. The number of rotatable bonds is 5. The summed E-state index contributed by atoms with van der Waals surface area (Å²) in [7, 11) is 0. The van der Waals surface area contributed by atoms with E-state index in [1.807, 2.05) is 41.8 Å². The number of halogens is 1. The molecule has 0 aliphatic heterocycles. The lowest BCUT2D eigenvalue weighted by molar-refractivity contribution is -0.119. The van der Waals surface area contributed by atoms with Gasteiger partial charge in [0.05, 0.1) is 6.54 Å². The van der Waals surface area contributed by atoms with Crippen LogP contribution in [0.1, 0.15) is 16.9 Å². The number of carbonyl (C=O) groups is 1. The third kappa shape index (κ3) is 5.46. The van der Waals surface area contributed by atoms with Crippen LogP contribution in [-0.4, -0.2) is 11.0 Å². The molecule has 6 heteroatoms. The molecule has 3 nitrogen and oxygen atoms in total. The van der Waals surface area contributed by atoms with Crippen LogP contribution < -0.4 is 10.6 Å². The molecule has 0 unspecified atom stereocenters. The van der Waals surface area contributed by atoms with Crippen molar-refractivity contribution in [3.8, 4) is 0 Å². The molecule has 0 atom stereocenters. The largest absolute Gasteiger partial charge is 0.357 e. The number of thiophene rings is 1.